The Balaban J connectivity index is 1.09. The van der Waals surface area contributed by atoms with Crippen molar-refractivity contribution < 1.29 is 0 Å². The number of rotatable bonds is 6. The van der Waals surface area contributed by atoms with Gasteiger partial charge in [-0.05, 0) is 143 Å². The van der Waals surface area contributed by atoms with Crippen molar-refractivity contribution in [2.45, 2.75) is 0 Å². The van der Waals surface area contributed by atoms with Gasteiger partial charge < -0.3 is 0 Å². The maximum atomic E-state index is 5.40. The quantitative estimate of drug-likeness (QED) is 0.155. The summed E-state index contributed by atoms with van der Waals surface area (Å²) in [5, 5.41) is 11.3. The Morgan fingerprint density at radius 2 is 0.727 bits per heavy atom. The lowest BCUT2D eigenvalue weighted by Crippen LogP contribution is -2.01. The molecule has 0 fully saturated rings. The van der Waals surface area contributed by atoms with Crippen molar-refractivity contribution in [3.8, 4) is 67.5 Å². The van der Waals surface area contributed by atoms with Gasteiger partial charge in [-0.25, -0.2) is 15.0 Å². The van der Waals surface area contributed by atoms with Crippen LogP contribution in [0.25, 0.3) is 132 Å². The second-order valence-corrected chi connectivity index (χ2v) is 16.8. The van der Waals surface area contributed by atoms with Gasteiger partial charge in [0.15, 0.2) is 17.5 Å². The second-order valence-electron chi connectivity index (χ2n) is 16.8. The lowest BCUT2D eigenvalue weighted by molar-refractivity contribution is 1.07. The molecule has 0 atom stereocenters. The van der Waals surface area contributed by atoms with Crippen LogP contribution in [0.1, 0.15) is 0 Å². The van der Waals surface area contributed by atoms with E-state index in [1.54, 1.807) is 6.20 Å². The maximum Gasteiger partial charge on any atom is 0.164 e. The molecule has 0 amide bonds. The molecule has 0 unspecified atom stereocenters. The zero-order valence-corrected chi connectivity index (χ0v) is 35.5. The Morgan fingerprint density at radius 3 is 1.33 bits per heavy atom. The van der Waals surface area contributed by atoms with Gasteiger partial charge in [-0.2, -0.15) is 0 Å². The Labute approximate surface area is 379 Å². The molecule has 0 spiro atoms. The van der Waals surface area contributed by atoms with E-state index < -0.39 is 0 Å². The number of hydrogen-bond acceptors (Lipinski definition) is 6. The smallest absolute Gasteiger partial charge is 0.164 e. The van der Waals surface area contributed by atoms with E-state index in [0.717, 1.165) is 104 Å². The number of pyridine rings is 3. The van der Waals surface area contributed by atoms with E-state index in [-0.39, 0.29) is 0 Å². The Morgan fingerprint density at radius 1 is 0.258 bits per heavy atom. The largest absolute Gasteiger partial charge is 0.264 e. The fourth-order valence-electron chi connectivity index (χ4n) is 9.63. The molecule has 0 aliphatic carbocycles. The maximum absolute atomic E-state index is 5.40. The molecule has 0 aliphatic rings. The third-order valence-electron chi connectivity index (χ3n) is 12.8. The molecule has 0 aliphatic heterocycles. The van der Waals surface area contributed by atoms with Crippen molar-refractivity contribution in [2.24, 2.45) is 0 Å². The molecule has 0 saturated carbocycles. The average molecular weight is 841 g/mol. The van der Waals surface area contributed by atoms with Crippen LogP contribution >= 0.6 is 0 Å². The molecule has 0 saturated heterocycles. The van der Waals surface area contributed by atoms with E-state index in [4.69, 9.17) is 24.9 Å². The van der Waals surface area contributed by atoms with Crippen LogP contribution in [-0.2, 0) is 0 Å². The van der Waals surface area contributed by atoms with Crippen LogP contribution in [0.15, 0.2) is 219 Å². The summed E-state index contributed by atoms with van der Waals surface area (Å²) in [7, 11) is 0. The zero-order valence-electron chi connectivity index (χ0n) is 35.5. The first-order chi connectivity index (χ1) is 32.7. The van der Waals surface area contributed by atoms with Gasteiger partial charge in [0, 0.05) is 52.3 Å². The molecule has 6 heteroatoms. The van der Waals surface area contributed by atoms with Crippen molar-refractivity contribution in [1.82, 2.24) is 29.9 Å². The molecule has 0 N–H and O–H groups in total. The van der Waals surface area contributed by atoms with Gasteiger partial charge in [-0.1, -0.05) is 127 Å². The van der Waals surface area contributed by atoms with Gasteiger partial charge in [-0.15, -0.1) is 0 Å². The molecule has 9 aromatic carbocycles. The highest BCUT2D eigenvalue weighted by Crippen LogP contribution is 2.43. The first-order valence-electron chi connectivity index (χ1n) is 22.1. The van der Waals surface area contributed by atoms with Crippen molar-refractivity contribution in [3.63, 3.8) is 0 Å². The van der Waals surface area contributed by atoms with E-state index in [2.05, 4.69) is 181 Å². The summed E-state index contributed by atoms with van der Waals surface area (Å²) in [4.78, 5) is 30.1. The SMILES string of the molecule is c1cncc(-c2ccc(-c3nc(-c4cc(-c5c6ccccc6cc6ncccc56)cc(-c5c6ccccc6cc6ncccc56)c4)nc(-c4ccc5cc6ccccc6cc5c4)n3)cc2)c1. The highest BCUT2D eigenvalue weighted by atomic mass is 15.0. The normalized spacial score (nSPS) is 11.6. The molecule has 306 valence electrons. The molecular formula is C60H36N6. The fraction of sp³-hybridized carbons (Fsp3) is 0. The predicted molar refractivity (Wildman–Crippen MR) is 271 cm³/mol. The van der Waals surface area contributed by atoms with Crippen LogP contribution in [-0.4, -0.2) is 29.9 Å². The van der Waals surface area contributed by atoms with Gasteiger partial charge >= 0.3 is 0 Å². The molecule has 4 aromatic heterocycles. The average Bonchev–Trinajstić information content (AvgIpc) is 3.38. The van der Waals surface area contributed by atoms with Gasteiger partial charge in [0.05, 0.1) is 11.0 Å². The number of nitrogens with zero attached hydrogens (tertiary/aromatic N) is 6. The van der Waals surface area contributed by atoms with Crippen LogP contribution in [0, 0.1) is 0 Å². The Bertz CT molecular complexity index is 3810. The summed E-state index contributed by atoms with van der Waals surface area (Å²) >= 11 is 0. The summed E-state index contributed by atoms with van der Waals surface area (Å²) in [6.45, 7) is 0. The van der Waals surface area contributed by atoms with Crippen LogP contribution in [0.4, 0.5) is 0 Å². The van der Waals surface area contributed by atoms with E-state index in [0.29, 0.717) is 17.5 Å². The van der Waals surface area contributed by atoms with Gasteiger partial charge in [0.1, 0.15) is 0 Å². The summed E-state index contributed by atoms with van der Waals surface area (Å²) < 4.78 is 0. The number of fused-ring (bicyclic) bond motifs is 6. The third-order valence-corrected chi connectivity index (χ3v) is 12.8. The lowest BCUT2D eigenvalue weighted by atomic mass is 9.88. The first kappa shape index (κ1) is 37.5. The standard InChI is InChI=1S/C60H36N6/c1-2-11-40-29-46-30-44(24-23-41(46)28-39(40)10-1)59-64-58(38-21-19-37(20-22-38)45-14-7-25-61-36-45)65-60(66-59)49-32-47(56-50-15-5-3-12-42(50)34-54-52(56)17-8-26-62-54)31-48(33-49)57-51-16-6-4-13-43(51)35-55-53(57)18-9-27-63-55/h1-36H. The van der Waals surface area contributed by atoms with Gasteiger partial charge in [0.2, 0.25) is 0 Å². The highest BCUT2D eigenvalue weighted by molar-refractivity contribution is 6.15. The minimum absolute atomic E-state index is 0.568. The molecule has 4 heterocycles. The van der Waals surface area contributed by atoms with E-state index in [9.17, 15) is 0 Å². The third kappa shape index (κ3) is 6.51. The number of hydrogen-bond donors (Lipinski definition) is 0. The van der Waals surface area contributed by atoms with E-state index >= 15 is 0 Å². The van der Waals surface area contributed by atoms with Crippen LogP contribution in [0.3, 0.4) is 0 Å². The van der Waals surface area contributed by atoms with Crippen molar-refractivity contribution in [3.05, 3.63) is 219 Å². The summed E-state index contributed by atoms with van der Waals surface area (Å²) in [6, 6.07) is 68.5. The number of aromatic nitrogens is 6. The summed E-state index contributed by atoms with van der Waals surface area (Å²) in [6.07, 6.45) is 7.40. The molecule has 0 radical (unpaired) electrons. The van der Waals surface area contributed by atoms with Crippen LogP contribution in [0.5, 0.6) is 0 Å². The summed E-state index contributed by atoms with van der Waals surface area (Å²) in [5.41, 5.74) is 10.9. The molecule has 6 nitrogen and oxygen atoms in total. The summed E-state index contributed by atoms with van der Waals surface area (Å²) in [5.74, 6) is 1.74. The topological polar surface area (TPSA) is 77.3 Å². The molecule has 13 rings (SSSR count). The fourth-order valence-corrected chi connectivity index (χ4v) is 9.63. The molecular weight excluding hydrogens is 805 g/mol. The van der Waals surface area contributed by atoms with Crippen LogP contribution < -0.4 is 0 Å². The minimum Gasteiger partial charge on any atom is -0.264 e. The number of benzene rings is 9. The Kier molecular flexibility index (Phi) is 8.74. The second kappa shape index (κ2) is 15.4. The molecule has 13 aromatic rings. The minimum atomic E-state index is 0.568. The lowest BCUT2D eigenvalue weighted by Gasteiger charge is -2.17. The first-order valence-corrected chi connectivity index (χ1v) is 22.1. The molecule has 0 bridgehead atoms. The predicted octanol–water partition coefficient (Wildman–Crippen LogP) is 15.0. The highest BCUT2D eigenvalue weighted by Gasteiger charge is 2.20. The molecule has 66 heavy (non-hydrogen) atoms. The van der Waals surface area contributed by atoms with Crippen LogP contribution in [0.2, 0.25) is 0 Å². The zero-order chi connectivity index (χ0) is 43.6. The van der Waals surface area contributed by atoms with Gasteiger partial charge in [0.25, 0.3) is 0 Å². The monoisotopic (exact) mass is 840 g/mol. The Hall–Kier alpha value is -9.00. The van der Waals surface area contributed by atoms with E-state index in [1.165, 1.54) is 10.8 Å². The van der Waals surface area contributed by atoms with Crippen molar-refractivity contribution >= 4 is 64.9 Å². The van der Waals surface area contributed by atoms with Crippen molar-refractivity contribution in [2.75, 3.05) is 0 Å². The van der Waals surface area contributed by atoms with E-state index in [1.807, 2.05) is 36.8 Å². The van der Waals surface area contributed by atoms with Crippen molar-refractivity contribution in [1.29, 1.82) is 0 Å². The van der Waals surface area contributed by atoms with Gasteiger partial charge in [-0.3, -0.25) is 15.0 Å².